The molecule has 0 radical (unpaired) electrons. The molecule has 0 atom stereocenters. The summed E-state index contributed by atoms with van der Waals surface area (Å²) >= 11 is 0. The number of hydrogen-bond donors (Lipinski definition) is 0. The molecule has 2 aromatic rings. The fourth-order valence-electron chi connectivity index (χ4n) is 2.46. The van der Waals surface area contributed by atoms with Crippen LogP contribution in [0.2, 0.25) is 0 Å². The van der Waals surface area contributed by atoms with E-state index in [1.807, 2.05) is 6.07 Å². The highest BCUT2D eigenvalue weighted by molar-refractivity contribution is 6.52. The third-order valence-corrected chi connectivity index (χ3v) is 3.41. The van der Waals surface area contributed by atoms with Crippen LogP contribution in [0.25, 0.3) is 0 Å². The van der Waals surface area contributed by atoms with Gasteiger partial charge in [-0.3, -0.25) is 14.5 Å². The van der Waals surface area contributed by atoms with Crippen LogP contribution in [-0.2, 0) is 17.9 Å². The second-order valence-electron chi connectivity index (χ2n) is 5.49. The summed E-state index contributed by atoms with van der Waals surface area (Å²) in [6.07, 6.45) is 1.48. The van der Waals surface area contributed by atoms with Crippen molar-refractivity contribution in [1.29, 1.82) is 0 Å². The zero-order valence-corrected chi connectivity index (χ0v) is 12.0. The predicted molar refractivity (Wildman–Crippen MR) is 76.8 cm³/mol. The average Bonchev–Trinajstić information content (AvgIpc) is 2.98. The average molecular weight is 284 g/mol. The number of carbonyl (C=O) groups is 2. The van der Waals surface area contributed by atoms with Crippen LogP contribution in [0, 0.1) is 5.92 Å². The highest BCUT2D eigenvalue weighted by Gasteiger charge is 2.36. The number of nitrogens with zero attached hydrogens (tertiary/aromatic N) is 4. The third kappa shape index (κ3) is 2.33. The molecule has 21 heavy (non-hydrogen) atoms. The van der Waals surface area contributed by atoms with Gasteiger partial charge in [0.25, 0.3) is 11.7 Å². The Balaban J connectivity index is 1.91. The first-order valence-electron chi connectivity index (χ1n) is 6.90. The number of para-hydroxylation sites is 1. The van der Waals surface area contributed by atoms with Crippen LogP contribution in [0.4, 0.5) is 5.69 Å². The maximum Gasteiger partial charge on any atom is 0.299 e. The molecule has 6 heteroatoms. The van der Waals surface area contributed by atoms with E-state index in [1.54, 1.807) is 22.9 Å². The van der Waals surface area contributed by atoms with E-state index in [1.165, 1.54) is 11.2 Å². The van der Waals surface area contributed by atoms with Crippen LogP contribution >= 0.6 is 0 Å². The van der Waals surface area contributed by atoms with Gasteiger partial charge in [0.2, 0.25) is 0 Å². The molecule has 0 saturated carbocycles. The Morgan fingerprint density at radius 3 is 2.71 bits per heavy atom. The van der Waals surface area contributed by atoms with Crippen LogP contribution in [0.1, 0.15) is 30.0 Å². The minimum Gasteiger partial charge on any atom is -0.297 e. The smallest absolute Gasteiger partial charge is 0.297 e. The fourth-order valence-corrected chi connectivity index (χ4v) is 2.46. The lowest BCUT2D eigenvalue weighted by Gasteiger charge is -2.17. The third-order valence-electron chi connectivity index (χ3n) is 3.41. The summed E-state index contributed by atoms with van der Waals surface area (Å²) in [6.45, 7) is 5.16. The molecule has 0 fully saturated rings. The van der Waals surface area contributed by atoms with E-state index >= 15 is 0 Å². The summed E-state index contributed by atoms with van der Waals surface area (Å²) in [5.74, 6) is 0.144. The number of aromatic nitrogens is 3. The molecule has 108 valence electrons. The first-order valence-corrected chi connectivity index (χ1v) is 6.90. The molecular formula is C15H16N4O2. The highest BCUT2D eigenvalue weighted by atomic mass is 16.2. The topological polar surface area (TPSA) is 68.1 Å². The fraction of sp³-hybridized carbons (Fsp3) is 0.333. The Bertz CT molecular complexity index is 705. The van der Waals surface area contributed by atoms with Gasteiger partial charge >= 0.3 is 0 Å². The van der Waals surface area contributed by atoms with Crippen molar-refractivity contribution in [2.24, 2.45) is 5.92 Å². The molecule has 1 aromatic carbocycles. The van der Waals surface area contributed by atoms with Gasteiger partial charge < -0.3 is 0 Å². The van der Waals surface area contributed by atoms with E-state index in [9.17, 15) is 9.59 Å². The number of Topliss-reactive ketones (excluding diaryl/α,β-unsaturated/α-hetero) is 1. The van der Waals surface area contributed by atoms with Gasteiger partial charge in [0, 0.05) is 6.54 Å². The Hall–Kier alpha value is -2.50. The molecule has 0 spiro atoms. The van der Waals surface area contributed by atoms with Crippen molar-refractivity contribution in [3.8, 4) is 0 Å². The molecule has 0 aliphatic carbocycles. The molecule has 0 saturated heterocycles. The van der Waals surface area contributed by atoms with E-state index in [4.69, 9.17) is 0 Å². The van der Waals surface area contributed by atoms with Gasteiger partial charge in [-0.2, -0.15) is 5.10 Å². The van der Waals surface area contributed by atoms with E-state index in [0.29, 0.717) is 23.0 Å². The second-order valence-corrected chi connectivity index (χ2v) is 5.49. The highest BCUT2D eigenvalue weighted by Crippen LogP contribution is 2.29. The van der Waals surface area contributed by atoms with Crippen molar-refractivity contribution < 1.29 is 9.59 Å². The largest absolute Gasteiger partial charge is 0.299 e. The van der Waals surface area contributed by atoms with Crippen molar-refractivity contribution in [2.75, 3.05) is 4.90 Å². The molecule has 2 heterocycles. The van der Waals surface area contributed by atoms with Gasteiger partial charge in [0.05, 0.1) is 17.8 Å². The Morgan fingerprint density at radius 2 is 1.95 bits per heavy atom. The number of fused-ring (bicyclic) bond motifs is 1. The number of ketones is 1. The molecule has 0 N–H and O–H groups in total. The van der Waals surface area contributed by atoms with Gasteiger partial charge in [-0.25, -0.2) is 9.67 Å². The Labute approximate surface area is 122 Å². The van der Waals surface area contributed by atoms with Crippen molar-refractivity contribution >= 4 is 17.4 Å². The van der Waals surface area contributed by atoms with Gasteiger partial charge in [-0.15, -0.1) is 0 Å². The van der Waals surface area contributed by atoms with Gasteiger partial charge in [-0.05, 0) is 18.1 Å². The van der Waals surface area contributed by atoms with Crippen LogP contribution < -0.4 is 4.90 Å². The van der Waals surface area contributed by atoms with Crippen LogP contribution in [-0.4, -0.2) is 26.5 Å². The molecule has 1 aromatic heterocycles. The molecule has 0 unspecified atom stereocenters. The lowest BCUT2D eigenvalue weighted by molar-refractivity contribution is -0.114. The zero-order chi connectivity index (χ0) is 15.0. The number of benzene rings is 1. The van der Waals surface area contributed by atoms with E-state index in [0.717, 1.165) is 6.54 Å². The van der Waals surface area contributed by atoms with Crippen LogP contribution in [0.3, 0.4) is 0 Å². The minimum absolute atomic E-state index is 0.258. The summed E-state index contributed by atoms with van der Waals surface area (Å²) in [7, 11) is 0. The predicted octanol–water partition coefficient (Wildman–Crippen LogP) is 1.66. The molecular weight excluding hydrogens is 268 g/mol. The lowest BCUT2D eigenvalue weighted by atomic mass is 10.1. The quantitative estimate of drug-likeness (QED) is 0.801. The van der Waals surface area contributed by atoms with Crippen molar-refractivity contribution in [1.82, 2.24) is 14.8 Å². The summed E-state index contributed by atoms with van der Waals surface area (Å²) in [5.41, 5.74) is 1.10. The van der Waals surface area contributed by atoms with Crippen molar-refractivity contribution in [3.63, 3.8) is 0 Å². The molecule has 6 nitrogen and oxygen atoms in total. The Kier molecular flexibility index (Phi) is 3.29. The standard InChI is InChI=1S/C15H16N4O2/c1-10(2)7-19-13(16-9-17-19)8-18-12-6-4-3-5-11(12)14(20)15(18)21/h3-6,9-10H,7-8H2,1-2H3. The van der Waals surface area contributed by atoms with E-state index in [-0.39, 0.29) is 6.54 Å². The summed E-state index contributed by atoms with van der Waals surface area (Å²) in [4.78, 5) is 29.8. The van der Waals surface area contributed by atoms with E-state index in [2.05, 4.69) is 23.9 Å². The van der Waals surface area contributed by atoms with Crippen LogP contribution in [0.5, 0.6) is 0 Å². The number of anilines is 1. The van der Waals surface area contributed by atoms with E-state index < -0.39 is 11.7 Å². The lowest BCUT2D eigenvalue weighted by Crippen LogP contribution is -2.30. The normalized spacial score (nSPS) is 14.1. The number of carbonyl (C=O) groups excluding carboxylic acids is 2. The first-order chi connectivity index (χ1) is 10.1. The minimum atomic E-state index is -0.504. The van der Waals surface area contributed by atoms with Gasteiger partial charge in [0.15, 0.2) is 0 Å². The summed E-state index contributed by atoms with van der Waals surface area (Å²) in [6, 6.07) is 7.03. The number of hydrogen-bond acceptors (Lipinski definition) is 4. The van der Waals surface area contributed by atoms with Crippen molar-refractivity contribution in [3.05, 3.63) is 42.0 Å². The van der Waals surface area contributed by atoms with Crippen molar-refractivity contribution in [2.45, 2.75) is 26.9 Å². The van der Waals surface area contributed by atoms with Gasteiger partial charge in [0.1, 0.15) is 12.2 Å². The summed E-state index contributed by atoms with van der Waals surface area (Å²) in [5, 5.41) is 4.18. The molecule has 1 aliphatic heterocycles. The maximum atomic E-state index is 12.1. The maximum absolute atomic E-state index is 12.1. The van der Waals surface area contributed by atoms with Crippen LogP contribution in [0.15, 0.2) is 30.6 Å². The molecule has 1 aliphatic rings. The monoisotopic (exact) mass is 284 g/mol. The molecule has 1 amide bonds. The summed E-state index contributed by atoms with van der Waals surface area (Å²) < 4.78 is 1.78. The Morgan fingerprint density at radius 1 is 1.19 bits per heavy atom. The van der Waals surface area contributed by atoms with Gasteiger partial charge in [-0.1, -0.05) is 26.0 Å². The second kappa shape index (κ2) is 5.12. The SMILES string of the molecule is CC(C)Cn1ncnc1CN1C(=O)C(=O)c2ccccc21. The molecule has 0 bridgehead atoms. The first kappa shape index (κ1) is 13.5. The number of amides is 1. The number of rotatable bonds is 4. The zero-order valence-electron chi connectivity index (χ0n) is 12.0. The molecule has 3 rings (SSSR count).